The van der Waals surface area contributed by atoms with Gasteiger partial charge in [-0.3, -0.25) is 14.4 Å². The van der Waals surface area contributed by atoms with E-state index in [1.807, 2.05) is 24.3 Å². The predicted octanol–water partition coefficient (Wildman–Crippen LogP) is 3.46. The van der Waals surface area contributed by atoms with Crippen LogP contribution in [0.2, 0.25) is 0 Å². The summed E-state index contributed by atoms with van der Waals surface area (Å²) in [6.07, 6.45) is 2.89. The molecular formula is C28H33N5O5. The van der Waals surface area contributed by atoms with Gasteiger partial charge in [-0.1, -0.05) is 42.8 Å². The van der Waals surface area contributed by atoms with Crippen LogP contribution in [0.3, 0.4) is 0 Å². The van der Waals surface area contributed by atoms with Gasteiger partial charge in [0.25, 0.3) is 11.8 Å². The summed E-state index contributed by atoms with van der Waals surface area (Å²) in [7, 11) is 1.52. The van der Waals surface area contributed by atoms with Crippen molar-refractivity contribution in [2.24, 2.45) is 11.7 Å². The monoisotopic (exact) mass is 519 g/mol. The minimum atomic E-state index is -0.672. The molecule has 1 heterocycles. The molecule has 38 heavy (non-hydrogen) atoms. The number of carbonyl (C=O) groups excluding carboxylic acids is 3. The van der Waals surface area contributed by atoms with E-state index in [-0.39, 0.29) is 35.2 Å². The van der Waals surface area contributed by atoms with E-state index < -0.39 is 5.91 Å². The Kier molecular flexibility index (Phi) is 8.30. The highest BCUT2D eigenvalue weighted by Crippen LogP contribution is 2.37. The molecule has 1 aliphatic rings. The number of methoxy groups -OCH3 is 1. The van der Waals surface area contributed by atoms with Crippen LogP contribution in [0.4, 0.5) is 5.82 Å². The number of hydrogen-bond donors (Lipinski definition) is 3. The number of hydrogen-bond acceptors (Lipinski definition) is 7. The molecule has 1 saturated carbocycles. The molecule has 0 spiro atoms. The van der Waals surface area contributed by atoms with Gasteiger partial charge >= 0.3 is 5.97 Å². The average Bonchev–Trinajstić information content (AvgIpc) is 3.29. The summed E-state index contributed by atoms with van der Waals surface area (Å²) in [6.45, 7) is 2.42. The summed E-state index contributed by atoms with van der Waals surface area (Å²) >= 11 is 0. The smallest absolute Gasteiger partial charge is 0.308 e. The third-order valence-corrected chi connectivity index (χ3v) is 6.84. The summed E-state index contributed by atoms with van der Waals surface area (Å²) in [5, 5.41) is 7.57. The number of anilines is 1. The van der Waals surface area contributed by atoms with Crippen LogP contribution >= 0.6 is 0 Å². The fourth-order valence-electron chi connectivity index (χ4n) is 4.92. The number of nitrogens with zero attached hydrogens (tertiary/aromatic N) is 2. The number of esters is 1. The summed E-state index contributed by atoms with van der Waals surface area (Å²) in [5.74, 6) is -0.679. The maximum Gasteiger partial charge on any atom is 0.308 e. The minimum absolute atomic E-state index is 0.144. The molecule has 3 aromatic rings. The quantitative estimate of drug-likeness (QED) is 0.366. The van der Waals surface area contributed by atoms with Gasteiger partial charge < -0.3 is 26.3 Å². The van der Waals surface area contributed by atoms with E-state index in [4.69, 9.17) is 20.9 Å². The molecule has 10 heteroatoms. The zero-order valence-electron chi connectivity index (χ0n) is 21.6. The molecule has 10 nitrogen and oxygen atoms in total. The van der Waals surface area contributed by atoms with Gasteiger partial charge in [0, 0.05) is 12.1 Å². The predicted molar refractivity (Wildman–Crippen MR) is 142 cm³/mol. The van der Waals surface area contributed by atoms with Crippen LogP contribution in [-0.4, -0.2) is 41.3 Å². The van der Waals surface area contributed by atoms with Gasteiger partial charge in [-0.05, 0) is 43.9 Å². The van der Waals surface area contributed by atoms with Crippen LogP contribution in [0, 0.1) is 5.92 Å². The van der Waals surface area contributed by atoms with Crippen molar-refractivity contribution in [2.75, 3.05) is 19.5 Å². The topological polar surface area (TPSA) is 152 Å². The second kappa shape index (κ2) is 11.8. The first kappa shape index (κ1) is 26.7. The van der Waals surface area contributed by atoms with E-state index in [1.165, 1.54) is 7.11 Å². The van der Waals surface area contributed by atoms with Crippen molar-refractivity contribution in [3.05, 3.63) is 65.2 Å². The van der Waals surface area contributed by atoms with Crippen molar-refractivity contribution in [3.8, 4) is 17.0 Å². The molecular weight excluding hydrogens is 486 g/mol. The fourth-order valence-corrected chi connectivity index (χ4v) is 4.92. The molecule has 2 atom stereocenters. The van der Waals surface area contributed by atoms with Gasteiger partial charge in [-0.15, -0.1) is 0 Å². The first-order chi connectivity index (χ1) is 18.3. The van der Waals surface area contributed by atoms with Gasteiger partial charge in [0.15, 0.2) is 0 Å². The maximum atomic E-state index is 12.6. The number of nitrogen functional groups attached to an aromatic ring is 1. The molecule has 0 aliphatic heterocycles. The fraction of sp³-hybridized carbons (Fsp3) is 0.357. The Morgan fingerprint density at radius 2 is 1.84 bits per heavy atom. The molecule has 1 aromatic heterocycles. The summed E-state index contributed by atoms with van der Waals surface area (Å²) in [4.78, 5) is 37.3. The molecule has 1 aliphatic carbocycles. The van der Waals surface area contributed by atoms with Crippen LogP contribution in [0.25, 0.3) is 11.3 Å². The summed E-state index contributed by atoms with van der Waals surface area (Å²) in [6, 6.07) is 14.2. The number of para-hydroxylation sites is 1. The van der Waals surface area contributed by atoms with E-state index in [0.717, 1.165) is 24.8 Å². The molecule has 0 radical (unpaired) electrons. The molecule has 0 bridgehead atoms. The molecule has 0 unspecified atom stereocenters. The van der Waals surface area contributed by atoms with Crippen LogP contribution in [0.15, 0.2) is 48.5 Å². The van der Waals surface area contributed by atoms with Gasteiger partial charge in [0.1, 0.15) is 22.8 Å². The summed E-state index contributed by atoms with van der Waals surface area (Å²) in [5.41, 5.74) is 14.6. The molecule has 5 N–H and O–H groups in total. The lowest BCUT2D eigenvalue weighted by Gasteiger charge is -2.28. The molecule has 200 valence electrons. The first-order valence-corrected chi connectivity index (χ1v) is 12.7. The third kappa shape index (κ3) is 5.64. The zero-order chi connectivity index (χ0) is 27.2. The Morgan fingerprint density at radius 1 is 1.11 bits per heavy atom. The Balaban J connectivity index is 1.52. The number of amides is 2. The third-order valence-electron chi connectivity index (χ3n) is 6.84. The number of nitrogens with one attached hydrogen (secondary N) is 1. The lowest BCUT2D eigenvalue weighted by molar-refractivity contribution is -0.149. The van der Waals surface area contributed by atoms with Crippen LogP contribution in [0.5, 0.6) is 5.75 Å². The highest BCUT2D eigenvalue weighted by Gasteiger charge is 2.32. The lowest BCUT2D eigenvalue weighted by Crippen LogP contribution is -2.27. The van der Waals surface area contributed by atoms with E-state index in [2.05, 4.69) is 10.4 Å². The van der Waals surface area contributed by atoms with Gasteiger partial charge in [0.05, 0.1) is 31.2 Å². The molecule has 4 rings (SSSR count). The number of rotatable bonds is 9. The number of carbonyl (C=O) groups is 3. The van der Waals surface area contributed by atoms with Gasteiger partial charge in [-0.2, -0.15) is 5.10 Å². The van der Waals surface area contributed by atoms with E-state index >= 15 is 0 Å². The molecule has 2 aromatic carbocycles. The molecule has 1 fully saturated rings. The van der Waals surface area contributed by atoms with Gasteiger partial charge in [0.2, 0.25) is 0 Å². The zero-order valence-corrected chi connectivity index (χ0v) is 21.6. The number of ether oxygens (including phenoxy) is 2. The van der Waals surface area contributed by atoms with Crippen LogP contribution in [-0.2, 0) is 16.1 Å². The largest absolute Gasteiger partial charge is 0.496 e. The van der Waals surface area contributed by atoms with Crippen molar-refractivity contribution >= 4 is 23.6 Å². The standard InChI is InChI=1S/C28H33N5O5/c1-3-38-28(36)19-7-6-8-20(15-19)33-25(29)23(26(30)34)24(32-33)18-13-11-17(12-14-18)16-31-27(35)21-9-4-5-10-22(21)37-2/h4-5,9-14,19-20H,3,6-8,15-16,29H2,1-2H3,(H2,30,34)(H,31,35)/t19-,20+/m0/s1. The highest BCUT2D eigenvalue weighted by molar-refractivity contribution is 6.03. The molecule has 2 amide bonds. The van der Waals surface area contributed by atoms with Crippen molar-refractivity contribution in [1.82, 2.24) is 15.1 Å². The molecule has 0 saturated heterocycles. The SMILES string of the molecule is CCOC(=O)[C@H]1CCC[C@@H](n2nc(-c3ccc(CNC(=O)c4ccccc4OC)cc3)c(C(N)=O)c2N)C1. The van der Waals surface area contributed by atoms with Crippen LogP contribution < -0.4 is 21.5 Å². The second-order valence-corrected chi connectivity index (χ2v) is 9.27. The highest BCUT2D eigenvalue weighted by atomic mass is 16.5. The number of nitrogens with two attached hydrogens (primary N) is 2. The maximum absolute atomic E-state index is 12.6. The summed E-state index contributed by atoms with van der Waals surface area (Å²) < 4.78 is 12.1. The first-order valence-electron chi connectivity index (χ1n) is 12.7. The van der Waals surface area contributed by atoms with E-state index in [0.29, 0.717) is 42.1 Å². The average molecular weight is 520 g/mol. The van der Waals surface area contributed by atoms with Crippen molar-refractivity contribution < 1.29 is 23.9 Å². The Hall–Kier alpha value is -4.34. The Bertz CT molecular complexity index is 1320. The van der Waals surface area contributed by atoms with Gasteiger partial charge in [-0.25, -0.2) is 4.68 Å². The number of primary amides is 1. The minimum Gasteiger partial charge on any atom is -0.496 e. The Labute approximate surface area is 221 Å². The normalized spacial score (nSPS) is 17.0. The van der Waals surface area contributed by atoms with Crippen molar-refractivity contribution in [2.45, 2.75) is 45.2 Å². The Morgan fingerprint density at radius 3 is 2.53 bits per heavy atom. The van der Waals surface area contributed by atoms with E-state index in [9.17, 15) is 14.4 Å². The number of benzene rings is 2. The lowest BCUT2D eigenvalue weighted by atomic mass is 9.86. The van der Waals surface area contributed by atoms with Crippen molar-refractivity contribution in [3.63, 3.8) is 0 Å². The van der Waals surface area contributed by atoms with E-state index in [1.54, 1.807) is 35.9 Å². The number of aromatic nitrogens is 2. The van der Waals surface area contributed by atoms with Crippen molar-refractivity contribution in [1.29, 1.82) is 0 Å². The second-order valence-electron chi connectivity index (χ2n) is 9.27. The van der Waals surface area contributed by atoms with Crippen LogP contribution in [0.1, 0.15) is 64.9 Å².